The van der Waals surface area contributed by atoms with E-state index in [2.05, 4.69) is 27.0 Å². The molecule has 0 aliphatic carbocycles. The van der Waals surface area contributed by atoms with Crippen molar-refractivity contribution in [2.24, 2.45) is 10.7 Å². The van der Waals surface area contributed by atoms with Crippen molar-refractivity contribution in [3.63, 3.8) is 0 Å². The molecule has 1 aromatic rings. The molecule has 2 aliphatic rings. The van der Waals surface area contributed by atoms with Crippen molar-refractivity contribution in [3.05, 3.63) is 50.2 Å². The van der Waals surface area contributed by atoms with Gasteiger partial charge < -0.3 is 15.2 Å². The van der Waals surface area contributed by atoms with E-state index in [1.807, 2.05) is 25.1 Å². The van der Waals surface area contributed by atoms with Crippen molar-refractivity contribution in [2.75, 3.05) is 13.7 Å². The Labute approximate surface area is 169 Å². The summed E-state index contributed by atoms with van der Waals surface area (Å²) >= 11 is 4.70. The molecule has 140 valence electrons. The van der Waals surface area contributed by atoms with Crippen LogP contribution in [0, 0.1) is 11.3 Å². The highest BCUT2D eigenvalue weighted by Crippen LogP contribution is 2.46. The Kier molecular flexibility index (Phi) is 5.48. The Morgan fingerprint density at radius 3 is 2.85 bits per heavy atom. The van der Waals surface area contributed by atoms with Crippen molar-refractivity contribution in [1.29, 1.82) is 5.26 Å². The molecular weight excluding hydrogens is 432 g/mol. The fraction of sp³-hybridized carbons (Fsp3) is 0.278. The number of carbonyl (C=O) groups excluding carboxylic acids is 1. The molecule has 0 unspecified atom stereocenters. The molecule has 0 saturated carbocycles. The van der Waals surface area contributed by atoms with Crippen LogP contribution in [0.3, 0.4) is 0 Å². The maximum Gasteiger partial charge on any atom is 0.338 e. The van der Waals surface area contributed by atoms with Crippen LogP contribution in [0.5, 0.6) is 5.75 Å². The lowest BCUT2D eigenvalue weighted by atomic mass is 9.94. The van der Waals surface area contributed by atoms with Crippen molar-refractivity contribution < 1.29 is 14.3 Å². The standard InChI is InChI=1S/C18H17BrN4O3S/c1-4-26-12-6-5-10(7-11(12)19)15-14(17(24)25-3)9(2)22-18-23(15)16(21)13(8-20)27-18/h5-7,15H,4,21H2,1-3H3/t15-/m1/s1. The molecule has 3 rings (SSSR count). The minimum atomic E-state index is -0.560. The van der Waals surface area contributed by atoms with Crippen LogP contribution in [0.4, 0.5) is 0 Å². The molecule has 9 heteroatoms. The number of benzene rings is 1. The Balaban J connectivity index is 2.17. The number of thioether (sulfide) groups is 1. The summed E-state index contributed by atoms with van der Waals surface area (Å²) in [7, 11) is 1.33. The molecule has 1 aromatic carbocycles. The summed E-state index contributed by atoms with van der Waals surface area (Å²) in [6.07, 6.45) is 0. The smallest absolute Gasteiger partial charge is 0.338 e. The average molecular weight is 449 g/mol. The van der Waals surface area contributed by atoms with Crippen LogP contribution in [0.2, 0.25) is 0 Å². The van der Waals surface area contributed by atoms with Crippen LogP contribution >= 0.6 is 27.7 Å². The number of methoxy groups -OCH3 is 1. The van der Waals surface area contributed by atoms with E-state index in [9.17, 15) is 10.1 Å². The van der Waals surface area contributed by atoms with Gasteiger partial charge in [-0.25, -0.2) is 9.79 Å². The van der Waals surface area contributed by atoms with Crippen LogP contribution in [0.15, 0.2) is 49.7 Å². The monoisotopic (exact) mass is 448 g/mol. The normalized spacial score (nSPS) is 18.9. The van der Waals surface area contributed by atoms with Gasteiger partial charge in [-0.15, -0.1) is 0 Å². The predicted octanol–water partition coefficient (Wildman–Crippen LogP) is 3.41. The van der Waals surface area contributed by atoms with Gasteiger partial charge in [-0.1, -0.05) is 6.07 Å². The molecule has 0 aromatic heterocycles. The predicted molar refractivity (Wildman–Crippen MR) is 106 cm³/mol. The zero-order valence-electron chi connectivity index (χ0n) is 14.9. The fourth-order valence-electron chi connectivity index (χ4n) is 2.99. The highest BCUT2D eigenvalue weighted by molar-refractivity contribution is 9.10. The molecule has 0 fully saturated rings. The van der Waals surface area contributed by atoms with Gasteiger partial charge in [-0.2, -0.15) is 5.26 Å². The Morgan fingerprint density at radius 1 is 1.52 bits per heavy atom. The highest BCUT2D eigenvalue weighted by Gasteiger charge is 2.42. The number of amidine groups is 1. The van der Waals surface area contributed by atoms with Gasteiger partial charge in [-0.3, -0.25) is 4.90 Å². The molecule has 0 amide bonds. The summed E-state index contributed by atoms with van der Waals surface area (Å²) in [5.74, 6) is 0.474. The number of allylic oxidation sites excluding steroid dienone is 2. The zero-order valence-corrected chi connectivity index (χ0v) is 17.3. The number of nitrogens with zero attached hydrogens (tertiary/aromatic N) is 3. The minimum Gasteiger partial charge on any atom is -0.493 e. The number of carbonyl (C=O) groups is 1. The highest BCUT2D eigenvalue weighted by atomic mass is 79.9. The van der Waals surface area contributed by atoms with Crippen LogP contribution in [0.25, 0.3) is 0 Å². The Bertz CT molecular complexity index is 948. The van der Waals surface area contributed by atoms with E-state index in [0.29, 0.717) is 33.7 Å². The maximum atomic E-state index is 12.5. The second-order valence-electron chi connectivity index (χ2n) is 5.71. The number of halogens is 1. The third-order valence-electron chi connectivity index (χ3n) is 4.15. The van der Waals surface area contributed by atoms with Crippen LogP contribution in [-0.4, -0.2) is 29.8 Å². The molecule has 2 aliphatic heterocycles. The van der Waals surface area contributed by atoms with E-state index in [-0.39, 0.29) is 5.82 Å². The second-order valence-corrected chi connectivity index (χ2v) is 7.54. The second kappa shape index (κ2) is 7.66. The third-order valence-corrected chi connectivity index (χ3v) is 5.75. The Hall–Kier alpha value is -2.44. The summed E-state index contributed by atoms with van der Waals surface area (Å²) in [6.45, 7) is 4.19. The van der Waals surface area contributed by atoms with Crippen molar-refractivity contribution >= 4 is 38.8 Å². The molecular formula is C18H17BrN4O3S. The molecule has 7 nitrogen and oxygen atoms in total. The van der Waals surface area contributed by atoms with Gasteiger partial charge in [0.25, 0.3) is 0 Å². The summed E-state index contributed by atoms with van der Waals surface area (Å²) in [5, 5.41) is 9.91. The lowest BCUT2D eigenvalue weighted by Gasteiger charge is -2.34. The van der Waals surface area contributed by atoms with E-state index >= 15 is 0 Å². The number of aliphatic imine (C=N–C) groups is 1. The van der Waals surface area contributed by atoms with Gasteiger partial charge in [0.2, 0.25) is 0 Å². The lowest BCUT2D eigenvalue weighted by Crippen LogP contribution is -2.38. The number of hydrogen-bond donors (Lipinski definition) is 1. The number of hydrogen-bond acceptors (Lipinski definition) is 8. The van der Waals surface area contributed by atoms with Gasteiger partial charge in [0, 0.05) is 0 Å². The molecule has 0 radical (unpaired) electrons. The number of fused-ring (bicyclic) bond motifs is 1. The van der Waals surface area contributed by atoms with Crippen LogP contribution in [-0.2, 0) is 9.53 Å². The first-order valence-corrected chi connectivity index (χ1v) is 9.70. The summed E-state index contributed by atoms with van der Waals surface area (Å²) in [4.78, 5) is 19.0. The molecule has 27 heavy (non-hydrogen) atoms. The maximum absolute atomic E-state index is 12.5. The van der Waals surface area contributed by atoms with Gasteiger partial charge in [0.15, 0.2) is 5.17 Å². The third kappa shape index (κ3) is 3.31. The number of rotatable bonds is 4. The summed E-state index contributed by atoms with van der Waals surface area (Å²) in [5.41, 5.74) is 7.90. The van der Waals surface area contributed by atoms with Gasteiger partial charge in [0.05, 0.1) is 35.5 Å². The molecule has 0 spiro atoms. The van der Waals surface area contributed by atoms with E-state index in [4.69, 9.17) is 15.2 Å². The average Bonchev–Trinajstić information content (AvgIpc) is 2.97. The molecule has 2 heterocycles. The first-order valence-electron chi connectivity index (χ1n) is 8.09. The summed E-state index contributed by atoms with van der Waals surface area (Å²) in [6, 6.07) is 7.08. The minimum absolute atomic E-state index is 0.269. The van der Waals surface area contributed by atoms with Crippen molar-refractivity contribution in [2.45, 2.75) is 19.9 Å². The van der Waals surface area contributed by atoms with Crippen LogP contribution < -0.4 is 10.5 Å². The van der Waals surface area contributed by atoms with E-state index < -0.39 is 12.0 Å². The van der Waals surface area contributed by atoms with E-state index in [0.717, 1.165) is 10.0 Å². The zero-order chi connectivity index (χ0) is 19.7. The SMILES string of the molecule is CCOc1ccc([C@@H]2C(C(=O)OC)=C(C)N=C3SC(C#N)=C(N)N32)cc1Br. The van der Waals surface area contributed by atoms with Gasteiger partial charge >= 0.3 is 5.97 Å². The quantitative estimate of drug-likeness (QED) is 0.703. The number of nitriles is 1. The van der Waals surface area contributed by atoms with Gasteiger partial charge in [0.1, 0.15) is 22.5 Å². The first kappa shape index (κ1) is 19.3. The topological polar surface area (TPSA) is 101 Å². The Morgan fingerprint density at radius 2 is 2.26 bits per heavy atom. The number of esters is 1. The summed E-state index contributed by atoms with van der Waals surface area (Å²) < 4.78 is 11.3. The fourth-order valence-corrected chi connectivity index (χ4v) is 4.41. The molecule has 2 N–H and O–H groups in total. The first-order chi connectivity index (χ1) is 12.9. The largest absolute Gasteiger partial charge is 0.493 e. The molecule has 1 atom stereocenters. The van der Waals surface area contributed by atoms with E-state index in [1.54, 1.807) is 11.8 Å². The molecule has 0 saturated heterocycles. The number of nitrogens with two attached hydrogens (primary N) is 1. The van der Waals surface area contributed by atoms with Crippen molar-refractivity contribution in [1.82, 2.24) is 4.90 Å². The number of ether oxygens (including phenoxy) is 2. The van der Waals surface area contributed by atoms with Gasteiger partial charge in [-0.05, 0) is 59.2 Å². The van der Waals surface area contributed by atoms with E-state index in [1.165, 1.54) is 18.9 Å². The lowest BCUT2D eigenvalue weighted by molar-refractivity contribution is -0.136. The van der Waals surface area contributed by atoms with Crippen LogP contribution in [0.1, 0.15) is 25.5 Å². The molecule has 0 bridgehead atoms. The van der Waals surface area contributed by atoms with Crippen molar-refractivity contribution in [3.8, 4) is 11.8 Å².